The van der Waals surface area contributed by atoms with Crippen LogP contribution in [0.5, 0.6) is 0 Å². The second-order valence-corrected chi connectivity index (χ2v) is 11.1. The Hall–Kier alpha value is -4.30. The molecule has 0 spiro atoms. The minimum atomic E-state index is -0.554. The Bertz CT molecular complexity index is 1820. The van der Waals surface area contributed by atoms with Crippen molar-refractivity contribution in [3.63, 3.8) is 0 Å². The van der Waals surface area contributed by atoms with Crippen LogP contribution in [0.3, 0.4) is 0 Å². The molecule has 0 saturated carbocycles. The second-order valence-electron chi connectivity index (χ2n) is 9.31. The van der Waals surface area contributed by atoms with Crippen molar-refractivity contribution in [2.75, 3.05) is 4.90 Å². The lowest BCUT2D eigenvalue weighted by Crippen LogP contribution is -2.54. The monoisotopic (exact) mass is 637 g/mol. The third kappa shape index (κ3) is 5.27. The molecule has 0 atom stereocenters. The van der Waals surface area contributed by atoms with E-state index in [0.717, 1.165) is 32.7 Å². The Kier molecular flexibility index (Phi) is 7.41. The summed E-state index contributed by atoms with van der Waals surface area (Å²) in [5.74, 6) is -1.07. The van der Waals surface area contributed by atoms with E-state index in [1.54, 1.807) is 30.3 Å². The van der Waals surface area contributed by atoms with Crippen LogP contribution in [-0.2, 0) is 9.59 Å². The van der Waals surface area contributed by atoms with Crippen LogP contribution in [0.4, 0.5) is 5.69 Å². The molecule has 1 aromatic heterocycles. The van der Waals surface area contributed by atoms with Gasteiger partial charge in [-0.15, -0.1) is 0 Å². The number of thiocarbonyl (C=S) groups is 1. The molecule has 4 aromatic carbocycles. The van der Waals surface area contributed by atoms with Crippen molar-refractivity contribution < 1.29 is 9.59 Å². The molecule has 0 aliphatic carbocycles. The molecule has 0 bridgehead atoms. The number of nitrogens with zero attached hydrogens (tertiary/aromatic N) is 2. The molecule has 2 amide bonds. The number of carbonyl (C=O) groups is 2. The molecule has 0 unspecified atom stereocenters. The lowest BCUT2D eigenvalue weighted by molar-refractivity contribution is -0.122. The maximum absolute atomic E-state index is 13.8. The van der Waals surface area contributed by atoms with Crippen LogP contribution in [0, 0.1) is 0 Å². The number of carbonyl (C=O) groups excluding carboxylic acids is 2. The Balaban J connectivity index is 1.59. The predicted molar refractivity (Wildman–Crippen MR) is 172 cm³/mol. The first kappa shape index (κ1) is 26.9. The summed E-state index contributed by atoms with van der Waals surface area (Å²) in [6.45, 7) is 0. The van der Waals surface area contributed by atoms with E-state index in [9.17, 15) is 9.59 Å². The number of nitrogens with one attached hydrogen (secondary N) is 1. The van der Waals surface area contributed by atoms with E-state index in [-0.39, 0.29) is 10.7 Å². The number of benzene rings is 4. The first-order valence-corrected chi connectivity index (χ1v) is 14.3. The van der Waals surface area contributed by atoms with Crippen molar-refractivity contribution in [2.45, 2.75) is 0 Å². The SMILES string of the molecule is O=C1NC(=S)N(c2ccc(Cl)cc2)C(=O)/C1=C/c1cc(-c2ccccc2)n(-c2ccc(Br)cc2)c1-c1ccccc1. The minimum Gasteiger partial charge on any atom is -0.309 e. The van der Waals surface area contributed by atoms with Gasteiger partial charge in [0.15, 0.2) is 5.11 Å². The summed E-state index contributed by atoms with van der Waals surface area (Å²) in [5.41, 5.74) is 5.78. The highest BCUT2D eigenvalue weighted by atomic mass is 79.9. The number of hydrogen-bond donors (Lipinski definition) is 1. The van der Waals surface area contributed by atoms with E-state index in [0.29, 0.717) is 16.3 Å². The zero-order valence-electron chi connectivity index (χ0n) is 21.4. The smallest absolute Gasteiger partial charge is 0.270 e. The van der Waals surface area contributed by atoms with Crippen LogP contribution in [-0.4, -0.2) is 21.5 Å². The summed E-state index contributed by atoms with van der Waals surface area (Å²) in [6, 6.07) is 36.7. The van der Waals surface area contributed by atoms with E-state index in [1.165, 1.54) is 4.90 Å². The summed E-state index contributed by atoms with van der Waals surface area (Å²) < 4.78 is 3.11. The number of hydrogen-bond acceptors (Lipinski definition) is 3. The highest BCUT2D eigenvalue weighted by molar-refractivity contribution is 9.10. The summed E-state index contributed by atoms with van der Waals surface area (Å²) in [6.07, 6.45) is 1.65. The largest absolute Gasteiger partial charge is 0.309 e. The lowest BCUT2D eigenvalue weighted by atomic mass is 10.0. The van der Waals surface area contributed by atoms with Gasteiger partial charge in [-0.2, -0.15) is 0 Å². The zero-order chi connectivity index (χ0) is 28.5. The van der Waals surface area contributed by atoms with Gasteiger partial charge < -0.3 is 4.57 Å². The van der Waals surface area contributed by atoms with Gasteiger partial charge in [-0.3, -0.25) is 19.8 Å². The Labute approximate surface area is 255 Å². The standard InChI is InChI=1S/C33H21BrClN3O2S/c34-24-11-15-26(16-12-24)37-29(21-7-3-1-4-8-21)20-23(30(37)22-9-5-2-6-10-22)19-28-31(39)36-33(41)38(32(28)40)27-17-13-25(35)14-18-27/h1-20H,(H,36,39,41)/b28-19+. The summed E-state index contributed by atoms with van der Waals surface area (Å²) >= 11 is 15.0. The van der Waals surface area contributed by atoms with Crippen LogP contribution in [0.2, 0.25) is 5.02 Å². The molecule has 5 aromatic rings. The zero-order valence-corrected chi connectivity index (χ0v) is 24.6. The Morgan fingerprint density at radius 2 is 1.34 bits per heavy atom. The molecule has 1 saturated heterocycles. The molecule has 5 nitrogen and oxygen atoms in total. The first-order chi connectivity index (χ1) is 19.9. The van der Waals surface area contributed by atoms with Crippen LogP contribution >= 0.6 is 39.7 Å². The summed E-state index contributed by atoms with van der Waals surface area (Å²) in [7, 11) is 0. The molecule has 1 N–H and O–H groups in total. The van der Waals surface area contributed by atoms with Crippen LogP contribution < -0.4 is 10.2 Å². The molecule has 1 aliphatic heterocycles. The van der Waals surface area contributed by atoms with Gasteiger partial charge in [0.2, 0.25) is 0 Å². The molecular formula is C33H21BrClN3O2S. The fourth-order valence-corrected chi connectivity index (χ4v) is 5.52. The van der Waals surface area contributed by atoms with Crippen molar-refractivity contribution in [1.82, 2.24) is 9.88 Å². The number of anilines is 1. The van der Waals surface area contributed by atoms with Gasteiger partial charge in [0.25, 0.3) is 11.8 Å². The van der Waals surface area contributed by atoms with Gasteiger partial charge >= 0.3 is 0 Å². The van der Waals surface area contributed by atoms with Gasteiger partial charge in [-0.1, -0.05) is 88.2 Å². The molecular weight excluding hydrogens is 618 g/mol. The molecule has 200 valence electrons. The fraction of sp³-hybridized carbons (Fsp3) is 0. The van der Waals surface area contributed by atoms with Crippen molar-refractivity contribution in [2.24, 2.45) is 0 Å². The topological polar surface area (TPSA) is 54.3 Å². The van der Waals surface area contributed by atoms with E-state index >= 15 is 0 Å². The molecule has 1 aliphatic rings. The summed E-state index contributed by atoms with van der Waals surface area (Å²) in [4.78, 5) is 28.3. The Morgan fingerprint density at radius 1 is 0.756 bits per heavy atom. The third-order valence-corrected chi connectivity index (χ3v) is 7.78. The van der Waals surface area contributed by atoms with E-state index in [4.69, 9.17) is 23.8 Å². The van der Waals surface area contributed by atoms with Crippen molar-refractivity contribution in [3.05, 3.63) is 136 Å². The highest BCUT2D eigenvalue weighted by Crippen LogP contribution is 2.38. The number of halogens is 2. The van der Waals surface area contributed by atoms with E-state index in [2.05, 4.69) is 25.8 Å². The number of amides is 2. The average Bonchev–Trinajstić information content (AvgIpc) is 3.36. The quantitative estimate of drug-likeness (QED) is 0.120. The molecule has 1 fully saturated rings. The first-order valence-electron chi connectivity index (χ1n) is 12.7. The van der Waals surface area contributed by atoms with Crippen molar-refractivity contribution >= 4 is 68.4 Å². The highest BCUT2D eigenvalue weighted by Gasteiger charge is 2.35. The van der Waals surface area contributed by atoms with Gasteiger partial charge in [-0.25, -0.2) is 0 Å². The summed E-state index contributed by atoms with van der Waals surface area (Å²) in [5, 5.41) is 3.22. The van der Waals surface area contributed by atoms with E-state index in [1.807, 2.05) is 91.0 Å². The minimum absolute atomic E-state index is 0.0140. The van der Waals surface area contributed by atoms with Gasteiger partial charge in [0, 0.05) is 20.7 Å². The van der Waals surface area contributed by atoms with Gasteiger partial charge in [0.05, 0.1) is 17.1 Å². The third-order valence-electron chi connectivity index (χ3n) is 6.72. The lowest BCUT2D eigenvalue weighted by Gasteiger charge is -2.29. The van der Waals surface area contributed by atoms with Crippen LogP contribution in [0.1, 0.15) is 5.56 Å². The fourth-order valence-electron chi connectivity index (χ4n) is 4.85. The average molecular weight is 639 g/mol. The van der Waals surface area contributed by atoms with Crippen molar-refractivity contribution in [1.29, 1.82) is 0 Å². The maximum Gasteiger partial charge on any atom is 0.270 e. The maximum atomic E-state index is 13.8. The molecule has 0 radical (unpaired) electrons. The Morgan fingerprint density at radius 3 is 1.98 bits per heavy atom. The van der Waals surface area contributed by atoms with Crippen LogP contribution in [0.25, 0.3) is 34.3 Å². The van der Waals surface area contributed by atoms with E-state index < -0.39 is 11.8 Å². The van der Waals surface area contributed by atoms with Crippen LogP contribution in [0.15, 0.2) is 125 Å². The molecule has 2 heterocycles. The second kappa shape index (κ2) is 11.3. The van der Waals surface area contributed by atoms with Crippen molar-refractivity contribution in [3.8, 4) is 28.2 Å². The number of rotatable bonds is 5. The molecule has 41 heavy (non-hydrogen) atoms. The number of aromatic nitrogens is 1. The molecule has 8 heteroatoms. The predicted octanol–water partition coefficient (Wildman–Crippen LogP) is 8.06. The van der Waals surface area contributed by atoms with Gasteiger partial charge in [-0.05, 0) is 84.0 Å². The van der Waals surface area contributed by atoms with Gasteiger partial charge in [0.1, 0.15) is 5.57 Å². The molecule has 6 rings (SSSR count). The normalized spacial score (nSPS) is 14.4.